The lowest BCUT2D eigenvalue weighted by Gasteiger charge is -2.26. The van der Waals surface area contributed by atoms with Crippen LogP contribution in [0.2, 0.25) is 0 Å². The van der Waals surface area contributed by atoms with Crippen molar-refractivity contribution in [1.82, 2.24) is 15.1 Å². The van der Waals surface area contributed by atoms with E-state index in [0.717, 1.165) is 33.7 Å². The quantitative estimate of drug-likeness (QED) is 0.324. The highest BCUT2D eigenvalue weighted by Crippen LogP contribution is 2.29. The molecule has 4 rings (SSSR count). The van der Waals surface area contributed by atoms with E-state index >= 15 is 0 Å². The Hall–Kier alpha value is -3.36. The molecule has 0 aliphatic carbocycles. The zero-order valence-corrected chi connectivity index (χ0v) is 20.5. The van der Waals surface area contributed by atoms with Crippen LogP contribution < -0.4 is 10.1 Å². The Morgan fingerprint density at radius 2 is 1.89 bits per heavy atom. The first-order valence-electron chi connectivity index (χ1n) is 11.5. The number of nitrogens with one attached hydrogen (secondary N) is 1. The number of aromatic nitrogens is 2. The average Bonchev–Trinajstić information content (AvgIpc) is 3.30. The van der Waals surface area contributed by atoms with Crippen molar-refractivity contribution in [1.29, 1.82) is 0 Å². The van der Waals surface area contributed by atoms with Gasteiger partial charge in [-0.15, -0.1) is 0 Å². The number of amides is 1. The topological polar surface area (TPSA) is 76.4 Å². The molecule has 2 N–H and O–H groups in total. The number of carbonyl (C=O) groups is 1. The average molecular weight is 494 g/mol. The summed E-state index contributed by atoms with van der Waals surface area (Å²) in [5, 5.41) is 17.3. The molecule has 4 aromatic rings. The van der Waals surface area contributed by atoms with Gasteiger partial charge in [0.2, 0.25) is 5.91 Å². The zero-order chi connectivity index (χ0) is 24.8. The van der Waals surface area contributed by atoms with Gasteiger partial charge in [0.15, 0.2) is 0 Å². The highest BCUT2D eigenvalue weighted by Gasteiger charge is 2.23. The number of fused-ring (bicyclic) bond motifs is 1. The van der Waals surface area contributed by atoms with E-state index in [1.54, 1.807) is 23.0 Å². The van der Waals surface area contributed by atoms with Crippen LogP contribution in [0.15, 0.2) is 72.9 Å². The van der Waals surface area contributed by atoms with Gasteiger partial charge in [0.05, 0.1) is 23.4 Å². The van der Waals surface area contributed by atoms with Gasteiger partial charge < -0.3 is 15.2 Å². The van der Waals surface area contributed by atoms with Crippen molar-refractivity contribution in [3.63, 3.8) is 0 Å². The third-order valence-corrected chi connectivity index (χ3v) is 6.59. The van der Waals surface area contributed by atoms with E-state index in [4.69, 9.17) is 4.74 Å². The number of aliphatic hydroxyl groups is 1. The third-order valence-electron chi connectivity index (χ3n) is 5.64. The lowest BCUT2D eigenvalue weighted by molar-refractivity contribution is -0.125. The Bertz CT molecular complexity index is 1280. The van der Waals surface area contributed by atoms with Crippen molar-refractivity contribution >= 4 is 28.6 Å². The molecular weight excluding hydrogens is 465 g/mol. The van der Waals surface area contributed by atoms with Crippen molar-refractivity contribution in [3.8, 4) is 11.4 Å². The van der Waals surface area contributed by atoms with Crippen LogP contribution in [0.25, 0.3) is 16.6 Å². The Morgan fingerprint density at radius 3 is 2.57 bits per heavy atom. The van der Waals surface area contributed by atoms with E-state index in [1.165, 1.54) is 17.7 Å². The maximum atomic E-state index is 13.3. The molecule has 0 spiro atoms. The molecule has 8 heteroatoms. The van der Waals surface area contributed by atoms with Gasteiger partial charge in [0, 0.05) is 11.1 Å². The molecule has 1 aromatic heterocycles. The van der Waals surface area contributed by atoms with E-state index in [2.05, 4.69) is 29.5 Å². The molecule has 35 heavy (non-hydrogen) atoms. The van der Waals surface area contributed by atoms with Crippen molar-refractivity contribution < 1.29 is 19.0 Å². The van der Waals surface area contributed by atoms with Crippen LogP contribution in [0.5, 0.6) is 5.75 Å². The summed E-state index contributed by atoms with van der Waals surface area (Å²) < 4.78 is 21.4. The van der Waals surface area contributed by atoms with Crippen LogP contribution in [0, 0.1) is 5.82 Å². The summed E-state index contributed by atoms with van der Waals surface area (Å²) in [5.74, 6) is 1.85. The van der Waals surface area contributed by atoms with E-state index < -0.39 is 18.6 Å². The predicted octanol–water partition coefficient (Wildman–Crippen LogP) is 5.03. The van der Waals surface area contributed by atoms with Gasteiger partial charge >= 0.3 is 0 Å². The summed E-state index contributed by atoms with van der Waals surface area (Å²) in [7, 11) is 0. The van der Waals surface area contributed by atoms with Crippen LogP contribution in [-0.4, -0.2) is 39.2 Å². The number of rotatable bonds is 10. The predicted molar refractivity (Wildman–Crippen MR) is 137 cm³/mol. The summed E-state index contributed by atoms with van der Waals surface area (Å²) in [6.45, 7) is 3.40. The Labute approximate surface area is 208 Å². The molecule has 182 valence electrons. The number of hydrogen-bond donors (Lipinski definition) is 2. The van der Waals surface area contributed by atoms with Gasteiger partial charge in [0.1, 0.15) is 24.3 Å². The number of halogens is 1. The van der Waals surface area contributed by atoms with Crippen LogP contribution in [0.3, 0.4) is 0 Å². The maximum absolute atomic E-state index is 13.3. The van der Waals surface area contributed by atoms with Gasteiger partial charge in [0.25, 0.3) is 0 Å². The smallest absolute Gasteiger partial charge is 0.246 e. The van der Waals surface area contributed by atoms with E-state index in [1.807, 2.05) is 49.0 Å². The van der Waals surface area contributed by atoms with E-state index in [0.29, 0.717) is 5.75 Å². The maximum Gasteiger partial charge on any atom is 0.246 e. The molecule has 1 heterocycles. The van der Waals surface area contributed by atoms with Crippen LogP contribution >= 0.6 is 11.8 Å². The van der Waals surface area contributed by atoms with Crippen molar-refractivity contribution in [2.24, 2.45) is 0 Å². The van der Waals surface area contributed by atoms with Crippen molar-refractivity contribution in [2.45, 2.75) is 31.7 Å². The Balaban J connectivity index is 1.60. The second-order valence-electron chi connectivity index (χ2n) is 8.18. The minimum absolute atomic E-state index is 0.300. The van der Waals surface area contributed by atoms with Crippen LogP contribution in [0.1, 0.15) is 31.1 Å². The molecule has 0 radical (unpaired) electrons. The molecule has 0 aliphatic heterocycles. The first-order chi connectivity index (χ1) is 17.0. The summed E-state index contributed by atoms with van der Waals surface area (Å²) in [6.07, 6.45) is 1.26. The highest BCUT2D eigenvalue weighted by atomic mass is 32.2. The number of ether oxygens (including phenoxy) is 1. The molecule has 6 nitrogen and oxygen atoms in total. The van der Waals surface area contributed by atoms with Crippen LogP contribution in [-0.2, 0) is 10.5 Å². The zero-order valence-electron chi connectivity index (χ0n) is 19.6. The monoisotopic (exact) mass is 493 g/mol. The largest absolute Gasteiger partial charge is 0.484 e. The molecule has 2 atom stereocenters. The minimum atomic E-state index is -0.585. The van der Waals surface area contributed by atoms with Gasteiger partial charge in [-0.3, -0.25) is 4.79 Å². The second-order valence-corrected chi connectivity index (χ2v) is 9.46. The molecule has 3 aromatic carbocycles. The SMILES string of the molecule is CCSCc1ccc([C@@H](Oc2ccc3c(cnn3-c3ccc(F)cc3)c2)[C@H](C)NC(=O)CO)cc1. The molecular formula is C27H28FN3O3S. The summed E-state index contributed by atoms with van der Waals surface area (Å²) >= 11 is 1.86. The Morgan fingerprint density at radius 1 is 1.14 bits per heavy atom. The third kappa shape index (κ3) is 6.01. The molecule has 0 unspecified atom stereocenters. The van der Waals surface area contributed by atoms with Gasteiger partial charge in [-0.2, -0.15) is 16.9 Å². The Kier molecular flexibility index (Phi) is 8.05. The van der Waals surface area contributed by atoms with Crippen molar-refractivity contribution in [3.05, 3.63) is 89.9 Å². The lowest BCUT2D eigenvalue weighted by Crippen LogP contribution is -2.40. The number of benzene rings is 3. The molecule has 0 bridgehead atoms. The summed E-state index contributed by atoms with van der Waals surface area (Å²) in [4.78, 5) is 11.9. The first kappa shape index (κ1) is 24.8. The van der Waals surface area contributed by atoms with Gasteiger partial charge in [-0.25, -0.2) is 9.07 Å². The fraction of sp³-hybridized carbons (Fsp3) is 0.259. The molecule has 0 fully saturated rings. The number of nitrogens with zero attached hydrogens (tertiary/aromatic N) is 2. The van der Waals surface area contributed by atoms with Gasteiger partial charge in [-0.1, -0.05) is 31.2 Å². The summed E-state index contributed by atoms with van der Waals surface area (Å²) in [5.41, 5.74) is 3.76. The first-order valence-corrected chi connectivity index (χ1v) is 12.6. The molecule has 0 saturated heterocycles. The number of carbonyl (C=O) groups excluding carboxylic acids is 1. The van der Waals surface area contributed by atoms with E-state index in [-0.39, 0.29) is 11.9 Å². The highest BCUT2D eigenvalue weighted by molar-refractivity contribution is 7.98. The minimum Gasteiger partial charge on any atom is -0.484 e. The molecule has 1 amide bonds. The number of aliphatic hydroxyl groups excluding tert-OH is 1. The second kappa shape index (κ2) is 11.4. The fourth-order valence-electron chi connectivity index (χ4n) is 3.88. The lowest BCUT2D eigenvalue weighted by atomic mass is 10.0. The summed E-state index contributed by atoms with van der Waals surface area (Å²) in [6, 6.07) is 19.6. The fourth-order valence-corrected chi connectivity index (χ4v) is 4.51. The van der Waals surface area contributed by atoms with Crippen LogP contribution in [0.4, 0.5) is 4.39 Å². The standard InChI is InChI=1S/C27H28FN3O3S/c1-3-35-17-19-4-6-20(7-5-19)27(18(2)30-26(33)16-32)34-24-12-13-25-21(14-24)15-29-31(25)23-10-8-22(28)9-11-23/h4-15,18,27,32H,3,16-17H2,1-2H3,(H,30,33)/t18-,27-/m0/s1. The number of hydrogen-bond acceptors (Lipinski definition) is 5. The molecule has 0 aliphatic rings. The van der Waals surface area contributed by atoms with Gasteiger partial charge in [-0.05, 0) is 66.3 Å². The molecule has 0 saturated carbocycles. The van der Waals surface area contributed by atoms with Crippen molar-refractivity contribution in [2.75, 3.05) is 12.4 Å². The van der Waals surface area contributed by atoms with E-state index in [9.17, 15) is 14.3 Å². The number of thioether (sulfide) groups is 1. The normalized spacial score (nSPS) is 12.9.